The van der Waals surface area contributed by atoms with Crippen LogP contribution < -0.4 is 5.73 Å². The molecule has 0 aliphatic heterocycles. The van der Waals surface area contributed by atoms with Gasteiger partial charge in [-0.05, 0) is 25.7 Å². The molecule has 0 bridgehead atoms. The number of rotatable bonds is 4. The molecule has 0 saturated heterocycles. The molecule has 1 nitrogen and oxygen atoms in total. The molecule has 1 saturated carbocycles. The van der Waals surface area contributed by atoms with Gasteiger partial charge in [0.2, 0.25) is 0 Å². The van der Waals surface area contributed by atoms with Crippen LogP contribution in [0, 0.1) is 0 Å². The summed E-state index contributed by atoms with van der Waals surface area (Å²) in [4.78, 5) is 0. The fourth-order valence-corrected chi connectivity index (χ4v) is 1.57. The fourth-order valence-electron chi connectivity index (χ4n) is 1.57. The van der Waals surface area contributed by atoms with Gasteiger partial charge in [-0.25, -0.2) is 0 Å². The van der Waals surface area contributed by atoms with Crippen LogP contribution in [0.25, 0.3) is 0 Å². The third-order valence-corrected chi connectivity index (χ3v) is 2.57. The van der Waals surface area contributed by atoms with Crippen molar-refractivity contribution in [3.8, 4) is 0 Å². The summed E-state index contributed by atoms with van der Waals surface area (Å²) in [5, 5.41) is 0. The average Bonchev–Trinajstić information content (AvgIpc) is 1.85. The number of hydrogen-bond donors (Lipinski definition) is 0. The van der Waals surface area contributed by atoms with E-state index < -0.39 is 0 Å². The predicted molar refractivity (Wildman–Crippen MR) is 43.8 cm³/mol. The van der Waals surface area contributed by atoms with Crippen LogP contribution in [-0.4, -0.2) is 5.54 Å². The zero-order valence-corrected chi connectivity index (χ0v) is 6.95. The summed E-state index contributed by atoms with van der Waals surface area (Å²) < 4.78 is 0. The molecule has 0 aromatic carbocycles. The zero-order chi connectivity index (χ0) is 7.45. The molecular weight excluding hydrogens is 122 g/mol. The van der Waals surface area contributed by atoms with Crippen LogP contribution in [0.1, 0.15) is 51.9 Å². The normalized spacial score (nSPS) is 22.2. The van der Waals surface area contributed by atoms with Crippen LogP contribution in [0.15, 0.2) is 0 Å². The van der Waals surface area contributed by atoms with Gasteiger partial charge in [-0.2, -0.15) is 0 Å². The zero-order valence-electron chi connectivity index (χ0n) is 6.95. The third kappa shape index (κ3) is 1.98. The van der Waals surface area contributed by atoms with Crippen LogP contribution in [0.5, 0.6) is 0 Å². The summed E-state index contributed by atoms with van der Waals surface area (Å²) in [5.74, 6) is 0. The minimum Gasteiger partial charge on any atom is -0.251 e. The first kappa shape index (κ1) is 8.06. The Bertz CT molecular complexity index is 94.9. The lowest BCUT2D eigenvalue weighted by Crippen LogP contribution is -2.38. The van der Waals surface area contributed by atoms with Crippen LogP contribution >= 0.6 is 0 Å². The highest BCUT2D eigenvalue weighted by atomic mass is 14.8. The molecule has 1 fully saturated rings. The summed E-state index contributed by atoms with van der Waals surface area (Å²) in [5.41, 5.74) is 7.86. The smallest absolute Gasteiger partial charge is 0.0324 e. The molecule has 0 aromatic rings. The summed E-state index contributed by atoms with van der Waals surface area (Å²) >= 11 is 0. The maximum absolute atomic E-state index is 7.84. The monoisotopic (exact) mass is 140 g/mol. The Morgan fingerprint density at radius 1 is 1.30 bits per heavy atom. The maximum atomic E-state index is 7.84. The molecule has 1 aliphatic rings. The Hall–Kier alpha value is -0.0400. The van der Waals surface area contributed by atoms with Crippen molar-refractivity contribution in [1.29, 1.82) is 0 Å². The van der Waals surface area contributed by atoms with Crippen LogP contribution in [0.2, 0.25) is 0 Å². The van der Waals surface area contributed by atoms with Gasteiger partial charge >= 0.3 is 0 Å². The SMILES string of the molecule is CCCCCC1([NH])CCC1. The van der Waals surface area contributed by atoms with Gasteiger partial charge in [0.05, 0.1) is 0 Å². The molecule has 0 heterocycles. The second kappa shape index (κ2) is 3.38. The lowest BCUT2D eigenvalue weighted by molar-refractivity contribution is 0.215. The van der Waals surface area contributed by atoms with Crippen molar-refractivity contribution in [1.82, 2.24) is 5.73 Å². The summed E-state index contributed by atoms with van der Waals surface area (Å²) in [6, 6.07) is 0. The molecule has 0 spiro atoms. The van der Waals surface area contributed by atoms with Crippen LogP contribution in [-0.2, 0) is 0 Å². The third-order valence-electron chi connectivity index (χ3n) is 2.57. The lowest BCUT2D eigenvalue weighted by atomic mass is 9.74. The molecule has 0 atom stereocenters. The Morgan fingerprint density at radius 3 is 2.40 bits per heavy atom. The van der Waals surface area contributed by atoms with Crippen molar-refractivity contribution < 1.29 is 0 Å². The van der Waals surface area contributed by atoms with Gasteiger partial charge in [-0.3, -0.25) is 5.73 Å². The molecule has 1 radical (unpaired) electrons. The average molecular weight is 140 g/mol. The lowest BCUT2D eigenvalue weighted by Gasteiger charge is -2.37. The van der Waals surface area contributed by atoms with Crippen LogP contribution in [0.4, 0.5) is 0 Å². The number of nitrogens with one attached hydrogen (secondary N) is 1. The first-order valence-electron chi connectivity index (χ1n) is 4.52. The molecule has 0 unspecified atom stereocenters. The molecule has 0 aromatic heterocycles. The van der Waals surface area contributed by atoms with Crippen molar-refractivity contribution in [2.75, 3.05) is 0 Å². The minimum absolute atomic E-state index is 0.0230. The summed E-state index contributed by atoms with van der Waals surface area (Å²) in [6.45, 7) is 2.22. The van der Waals surface area contributed by atoms with Gasteiger partial charge in [0.1, 0.15) is 0 Å². The second-order valence-corrected chi connectivity index (χ2v) is 3.59. The second-order valence-electron chi connectivity index (χ2n) is 3.59. The van der Waals surface area contributed by atoms with E-state index in [9.17, 15) is 0 Å². The van der Waals surface area contributed by atoms with Gasteiger partial charge in [-0.15, -0.1) is 0 Å². The standard InChI is InChI=1S/C9H18N/c1-2-3-4-6-9(10)7-5-8-9/h10H,2-8H2,1H3. The Morgan fingerprint density at radius 2 is 2.00 bits per heavy atom. The molecular formula is C9H18N. The highest BCUT2D eigenvalue weighted by molar-refractivity contribution is 4.91. The molecule has 0 amide bonds. The van der Waals surface area contributed by atoms with Crippen molar-refractivity contribution in [3.63, 3.8) is 0 Å². The molecule has 1 rings (SSSR count). The first-order chi connectivity index (χ1) is 4.77. The van der Waals surface area contributed by atoms with Gasteiger partial charge in [0.15, 0.2) is 0 Å². The number of hydrogen-bond acceptors (Lipinski definition) is 0. The van der Waals surface area contributed by atoms with Gasteiger partial charge in [0, 0.05) is 5.54 Å². The van der Waals surface area contributed by atoms with Crippen LogP contribution in [0.3, 0.4) is 0 Å². The molecule has 59 valence electrons. The minimum atomic E-state index is 0.0230. The van der Waals surface area contributed by atoms with E-state index in [1.54, 1.807) is 0 Å². The van der Waals surface area contributed by atoms with E-state index in [1.807, 2.05) is 0 Å². The van der Waals surface area contributed by atoms with E-state index in [1.165, 1.54) is 25.7 Å². The van der Waals surface area contributed by atoms with E-state index >= 15 is 0 Å². The van der Waals surface area contributed by atoms with E-state index in [-0.39, 0.29) is 5.54 Å². The Balaban J connectivity index is 2.01. The summed E-state index contributed by atoms with van der Waals surface area (Å²) in [6.07, 6.45) is 8.67. The molecule has 1 N–H and O–H groups in total. The predicted octanol–water partition coefficient (Wildman–Crippen LogP) is 2.77. The van der Waals surface area contributed by atoms with Gasteiger partial charge < -0.3 is 0 Å². The highest BCUT2D eigenvalue weighted by Crippen LogP contribution is 2.35. The molecule has 1 heteroatoms. The van der Waals surface area contributed by atoms with Crippen molar-refractivity contribution in [2.24, 2.45) is 0 Å². The quantitative estimate of drug-likeness (QED) is 0.536. The van der Waals surface area contributed by atoms with Crippen molar-refractivity contribution in [3.05, 3.63) is 0 Å². The summed E-state index contributed by atoms with van der Waals surface area (Å²) in [7, 11) is 0. The fraction of sp³-hybridized carbons (Fsp3) is 1.00. The maximum Gasteiger partial charge on any atom is 0.0324 e. The topological polar surface area (TPSA) is 23.8 Å². The van der Waals surface area contributed by atoms with E-state index in [4.69, 9.17) is 5.73 Å². The molecule has 10 heavy (non-hydrogen) atoms. The van der Waals surface area contributed by atoms with E-state index in [2.05, 4.69) is 6.92 Å². The van der Waals surface area contributed by atoms with E-state index in [0.717, 1.165) is 19.3 Å². The van der Waals surface area contributed by atoms with Crippen molar-refractivity contribution >= 4 is 0 Å². The molecule has 1 aliphatic carbocycles. The van der Waals surface area contributed by atoms with Crippen molar-refractivity contribution in [2.45, 2.75) is 57.4 Å². The highest BCUT2D eigenvalue weighted by Gasteiger charge is 2.32. The van der Waals surface area contributed by atoms with E-state index in [0.29, 0.717) is 0 Å². The van der Waals surface area contributed by atoms with Gasteiger partial charge in [-0.1, -0.05) is 26.2 Å². The van der Waals surface area contributed by atoms with Gasteiger partial charge in [0.25, 0.3) is 0 Å². The Labute approximate surface area is 64.0 Å². The largest absolute Gasteiger partial charge is 0.251 e. The Kier molecular flexibility index (Phi) is 2.72. The first-order valence-corrected chi connectivity index (χ1v) is 4.52. The number of unbranched alkanes of at least 4 members (excludes halogenated alkanes) is 2.